The molecular weight excluding hydrogens is 300 g/mol. The zero-order valence-electron chi connectivity index (χ0n) is 11.8. The van der Waals surface area contributed by atoms with Gasteiger partial charge in [-0.3, -0.25) is 9.76 Å². The Labute approximate surface area is 129 Å². The summed E-state index contributed by atoms with van der Waals surface area (Å²) >= 11 is 0. The molecule has 0 saturated heterocycles. The van der Waals surface area contributed by atoms with Crippen LogP contribution >= 0.6 is 0 Å². The first kappa shape index (κ1) is 14.3. The molecule has 0 aliphatic heterocycles. The Morgan fingerprint density at radius 3 is 2.45 bits per heavy atom. The van der Waals surface area contributed by atoms with Gasteiger partial charge in [0.2, 0.25) is 0 Å². The first-order valence-corrected chi connectivity index (χ1v) is 7.82. The molecule has 3 aromatic rings. The smallest absolute Gasteiger partial charge is 0.138 e. The summed E-state index contributed by atoms with van der Waals surface area (Å²) in [5, 5.41) is 0.874. The molecule has 0 bridgehead atoms. The predicted octanol–water partition coefficient (Wildman–Crippen LogP) is 3.64. The van der Waals surface area contributed by atoms with E-state index in [4.69, 9.17) is 14.3 Å². The molecular formula is C16H14N2O3S. The lowest BCUT2D eigenvalue weighted by atomic mass is 10.2. The Hall–Kier alpha value is -2.60. The number of hydrogen-bond acceptors (Lipinski definition) is 5. The van der Waals surface area contributed by atoms with E-state index in [1.54, 1.807) is 43.6 Å². The zero-order chi connectivity index (χ0) is 15.5. The minimum Gasteiger partial charge on any atom is -0.497 e. The predicted molar refractivity (Wildman–Crippen MR) is 85.3 cm³/mol. The molecule has 22 heavy (non-hydrogen) atoms. The summed E-state index contributed by atoms with van der Waals surface area (Å²) in [5.74, 6) is 2.03. The summed E-state index contributed by atoms with van der Waals surface area (Å²) in [4.78, 5) is 4.78. The molecule has 0 fully saturated rings. The maximum Gasteiger partial charge on any atom is 0.138 e. The van der Waals surface area contributed by atoms with Crippen LogP contribution in [0.2, 0.25) is 0 Å². The van der Waals surface area contributed by atoms with Crippen molar-refractivity contribution in [1.29, 1.82) is 4.78 Å². The lowest BCUT2D eigenvalue weighted by Gasteiger charge is -2.09. The third kappa shape index (κ3) is 2.87. The van der Waals surface area contributed by atoms with E-state index in [2.05, 4.69) is 4.98 Å². The van der Waals surface area contributed by atoms with Crippen LogP contribution in [0.15, 0.2) is 59.6 Å². The molecule has 1 unspecified atom stereocenters. The van der Waals surface area contributed by atoms with Gasteiger partial charge in [-0.05, 0) is 42.5 Å². The van der Waals surface area contributed by atoms with E-state index >= 15 is 0 Å². The van der Waals surface area contributed by atoms with Crippen LogP contribution in [0, 0.1) is 4.78 Å². The van der Waals surface area contributed by atoms with E-state index in [-0.39, 0.29) is 0 Å². The van der Waals surface area contributed by atoms with Crippen LogP contribution in [0.1, 0.15) is 0 Å². The number of aromatic nitrogens is 1. The van der Waals surface area contributed by atoms with Crippen LogP contribution in [0.5, 0.6) is 17.2 Å². The minimum absolute atomic E-state index is 0.478. The van der Waals surface area contributed by atoms with E-state index in [0.717, 1.165) is 16.7 Å². The molecule has 0 aliphatic rings. The van der Waals surface area contributed by atoms with E-state index < -0.39 is 10.6 Å². The van der Waals surface area contributed by atoms with Crippen LogP contribution in [-0.2, 0) is 10.6 Å². The highest BCUT2D eigenvalue weighted by molar-refractivity contribution is 7.73. The molecule has 6 heteroatoms. The van der Waals surface area contributed by atoms with Crippen molar-refractivity contribution >= 4 is 21.5 Å². The summed E-state index contributed by atoms with van der Waals surface area (Å²) in [6, 6.07) is 14.0. The van der Waals surface area contributed by atoms with Gasteiger partial charge in [0.05, 0.1) is 23.2 Å². The van der Waals surface area contributed by atoms with Crippen LogP contribution in [0.3, 0.4) is 0 Å². The third-order valence-electron chi connectivity index (χ3n) is 3.21. The molecule has 1 atom stereocenters. The van der Waals surface area contributed by atoms with E-state index in [0.29, 0.717) is 16.4 Å². The normalized spacial score (nSPS) is 12.0. The summed E-state index contributed by atoms with van der Waals surface area (Å²) in [6.45, 7) is 0. The second kappa shape index (κ2) is 6.03. The van der Waals surface area contributed by atoms with Gasteiger partial charge in [0, 0.05) is 22.5 Å². The van der Waals surface area contributed by atoms with E-state index in [1.807, 2.05) is 18.2 Å². The Kier molecular flexibility index (Phi) is 3.93. The van der Waals surface area contributed by atoms with Crippen molar-refractivity contribution in [1.82, 2.24) is 4.98 Å². The van der Waals surface area contributed by atoms with Crippen molar-refractivity contribution < 1.29 is 13.7 Å². The van der Waals surface area contributed by atoms with Crippen molar-refractivity contribution in [3.63, 3.8) is 0 Å². The lowest BCUT2D eigenvalue weighted by molar-refractivity contribution is 0.415. The largest absolute Gasteiger partial charge is 0.497 e. The summed E-state index contributed by atoms with van der Waals surface area (Å²) in [5.41, 5.74) is 0.780. The number of methoxy groups -OCH3 is 1. The van der Waals surface area contributed by atoms with Gasteiger partial charge in [-0.15, -0.1) is 0 Å². The highest BCUT2D eigenvalue weighted by atomic mass is 32.2. The van der Waals surface area contributed by atoms with Gasteiger partial charge in [-0.25, -0.2) is 4.21 Å². The van der Waals surface area contributed by atoms with Crippen molar-refractivity contribution in [2.24, 2.45) is 0 Å². The SMILES string of the molecule is COc1ccc2c(Oc3ccc([SH](=N)=O)cc3)ccnc2c1. The van der Waals surface area contributed by atoms with Crippen LogP contribution in [0.25, 0.3) is 10.9 Å². The number of benzene rings is 2. The second-order valence-corrected chi connectivity index (χ2v) is 5.69. The van der Waals surface area contributed by atoms with Crippen molar-refractivity contribution in [2.75, 3.05) is 7.11 Å². The summed E-state index contributed by atoms with van der Waals surface area (Å²) in [6.07, 6.45) is 1.67. The highest BCUT2D eigenvalue weighted by Gasteiger charge is 2.06. The van der Waals surface area contributed by atoms with Crippen molar-refractivity contribution in [3.05, 3.63) is 54.7 Å². The zero-order valence-corrected chi connectivity index (χ0v) is 12.7. The Bertz CT molecular complexity index is 882. The van der Waals surface area contributed by atoms with Crippen LogP contribution in [-0.4, -0.2) is 16.3 Å². The van der Waals surface area contributed by atoms with Gasteiger partial charge >= 0.3 is 0 Å². The fraction of sp³-hybridized carbons (Fsp3) is 0.0625. The number of rotatable bonds is 4. The fourth-order valence-electron chi connectivity index (χ4n) is 2.09. The first-order chi connectivity index (χ1) is 10.7. The van der Waals surface area contributed by atoms with Gasteiger partial charge in [-0.2, -0.15) is 0 Å². The molecule has 0 aliphatic carbocycles. The number of ether oxygens (including phenoxy) is 2. The molecule has 0 radical (unpaired) electrons. The number of nitrogens with one attached hydrogen (secondary N) is 1. The monoisotopic (exact) mass is 314 g/mol. The molecule has 1 heterocycles. The molecule has 0 saturated carbocycles. The molecule has 2 aromatic carbocycles. The average molecular weight is 314 g/mol. The summed E-state index contributed by atoms with van der Waals surface area (Å²) < 4.78 is 29.4. The van der Waals surface area contributed by atoms with Crippen LogP contribution in [0.4, 0.5) is 0 Å². The Balaban J connectivity index is 1.96. The number of nitrogens with zero attached hydrogens (tertiary/aromatic N) is 1. The molecule has 112 valence electrons. The van der Waals surface area contributed by atoms with Crippen molar-refractivity contribution in [3.8, 4) is 17.2 Å². The van der Waals surface area contributed by atoms with E-state index in [1.165, 1.54) is 0 Å². The molecule has 3 rings (SSSR count). The maximum atomic E-state index is 11.1. The molecule has 0 spiro atoms. The van der Waals surface area contributed by atoms with Gasteiger partial charge in [0.1, 0.15) is 17.2 Å². The number of pyridine rings is 1. The molecule has 5 nitrogen and oxygen atoms in total. The van der Waals surface area contributed by atoms with Crippen molar-refractivity contribution in [2.45, 2.75) is 4.90 Å². The topological polar surface area (TPSA) is 72.3 Å². The van der Waals surface area contributed by atoms with Crippen LogP contribution < -0.4 is 9.47 Å². The average Bonchev–Trinajstić information content (AvgIpc) is 2.55. The maximum absolute atomic E-state index is 11.1. The highest BCUT2D eigenvalue weighted by Crippen LogP contribution is 2.30. The Morgan fingerprint density at radius 1 is 1.05 bits per heavy atom. The summed E-state index contributed by atoms with van der Waals surface area (Å²) in [7, 11) is -0.469. The third-order valence-corrected chi connectivity index (χ3v) is 3.98. The minimum atomic E-state index is -2.08. The van der Waals surface area contributed by atoms with E-state index in [9.17, 15) is 4.21 Å². The number of hydrogen-bond donors (Lipinski definition) is 2. The fourth-order valence-corrected chi connectivity index (χ4v) is 2.51. The standard InChI is InChI=1S/C16H14N2O3S/c1-20-12-4-7-14-15(10-12)18-9-8-16(14)21-11-2-5-13(6-3-11)22(17)19/h2-10,17,22H,1H3. The van der Waals surface area contributed by atoms with Gasteiger partial charge in [-0.1, -0.05) is 0 Å². The number of fused-ring (bicyclic) bond motifs is 1. The molecule has 1 aromatic heterocycles. The first-order valence-electron chi connectivity index (χ1n) is 6.56. The quantitative estimate of drug-likeness (QED) is 0.721. The van der Waals surface area contributed by atoms with Gasteiger partial charge < -0.3 is 9.47 Å². The molecule has 0 amide bonds. The number of thiol groups is 1. The lowest BCUT2D eigenvalue weighted by Crippen LogP contribution is -1.89. The second-order valence-electron chi connectivity index (χ2n) is 4.58. The molecule has 1 N–H and O–H groups in total. The van der Waals surface area contributed by atoms with Gasteiger partial charge in [0.25, 0.3) is 0 Å². The Morgan fingerprint density at radius 2 is 1.77 bits per heavy atom. The van der Waals surface area contributed by atoms with Gasteiger partial charge in [0.15, 0.2) is 0 Å².